The molecule has 1 aromatic carbocycles. The zero-order valence-electron chi connectivity index (χ0n) is 17.8. The van der Waals surface area contributed by atoms with Crippen molar-refractivity contribution in [1.29, 1.82) is 0 Å². The Morgan fingerprint density at radius 3 is 2.45 bits per heavy atom. The number of anilines is 1. The SMILES string of the molecule is CCCCCCN1CCN(c2nccn(CCOc3cc(F)c(F)cc3F)c2=O)CC1. The van der Waals surface area contributed by atoms with Crippen LogP contribution in [0.2, 0.25) is 0 Å². The molecule has 3 rings (SSSR count). The van der Waals surface area contributed by atoms with Gasteiger partial charge in [-0.3, -0.25) is 9.69 Å². The van der Waals surface area contributed by atoms with Crippen molar-refractivity contribution < 1.29 is 17.9 Å². The van der Waals surface area contributed by atoms with Gasteiger partial charge >= 0.3 is 0 Å². The number of piperazine rings is 1. The lowest BCUT2D eigenvalue weighted by Crippen LogP contribution is -2.48. The van der Waals surface area contributed by atoms with Crippen LogP contribution in [0.3, 0.4) is 0 Å². The Kier molecular flexibility index (Phi) is 8.34. The molecule has 0 spiro atoms. The van der Waals surface area contributed by atoms with E-state index in [1.54, 1.807) is 6.20 Å². The Morgan fingerprint density at radius 2 is 1.71 bits per heavy atom. The highest BCUT2D eigenvalue weighted by Crippen LogP contribution is 2.20. The van der Waals surface area contributed by atoms with Crippen LogP contribution in [0.1, 0.15) is 32.6 Å². The van der Waals surface area contributed by atoms with E-state index in [0.717, 1.165) is 32.7 Å². The molecular formula is C22H29F3N4O2. The number of nitrogens with zero attached hydrogens (tertiary/aromatic N) is 4. The van der Waals surface area contributed by atoms with E-state index in [1.165, 1.54) is 36.4 Å². The number of ether oxygens (including phenoxy) is 1. The highest BCUT2D eigenvalue weighted by Gasteiger charge is 2.20. The van der Waals surface area contributed by atoms with Gasteiger partial charge in [-0.05, 0) is 13.0 Å². The molecule has 170 valence electrons. The summed E-state index contributed by atoms with van der Waals surface area (Å²) in [6.45, 7) is 6.58. The number of aromatic nitrogens is 2. The van der Waals surface area contributed by atoms with E-state index in [1.807, 2.05) is 4.90 Å². The van der Waals surface area contributed by atoms with Gasteiger partial charge in [0, 0.05) is 50.7 Å². The average Bonchev–Trinajstić information content (AvgIpc) is 2.76. The van der Waals surface area contributed by atoms with Crippen LogP contribution in [0.5, 0.6) is 5.75 Å². The van der Waals surface area contributed by atoms with E-state index in [-0.39, 0.29) is 18.7 Å². The molecule has 2 aromatic rings. The summed E-state index contributed by atoms with van der Waals surface area (Å²) in [5.41, 5.74) is -0.256. The number of hydrogen-bond donors (Lipinski definition) is 0. The van der Waals surface area contributed by atoms with E-state index in [4.69, 9.17) is 4.74 Å². The molecule has 9 heteroatoms. The van der Waals surface area contributed by atoms with Crippen molar-refractivity contribution in [2.24, 2.45) is 0 Å². The molecule has 1 saturated heterocycles. The van der Waals surface area contributed by atoms with Crippen LogP contribution in [0, 0.1) is 17.5 Å². The number of rotatable bonds is 10. The van der Waals surface area contributed by atoms with Crippen LogP contribution >= 0.6 is 0 Å². The van der Waals surface area contributed by atoms with Gasteiger partial charge in [-0.15, -0.1) is 0 Å². The number of benzene rings is 1. The second-order valence-corrected chi connectivity index (χ2v) is 7.68. The van der Waals surface area contributed by atoms with Gasteiger partial charge in [0.15, 0.2) is 29.0 Å². The van der Waals surface area contributed by atoms with Gasteiger partial charge in [0.25, 0.3) is 5.56 Å². The third-order valence-corrected chi connectivity index (χ3v) is 5.46. The second kappa shape index (κ2) is 11.2. The summed E-state index contributed by atoms with van der Waals surface area (Å²) >= 11 is 0. The van der Waals surface area contributed by atoms with E-state index < -0.39 is 23.2 Å². The van der Waals surface area contributed by atoms with Gasteiger partial charge in [0.05, 0.1) is 6.54 Å². The van der Waals surface area contributed by atoms with Gasteiger partial charge in [-0.25, -0.2) is 18.2 Å². The van der Waals surface area contributed by atoms with Crippen molar-refractivity contribution in [3.63, 3.8) is 0 Å². The Labute approximate surface area is 180 Å². The molecule has 1 aromatic heterocycles. The van der Waals surface area contributed by atoms with Crippen LogP contribution in [0.4, 0.5) is 19.0 Å². The fraction of sp³-hybridized carbons (Fsp3) is 0.545. The molecule has 0 amide bonds. The number of halogens is 3. The fourth-order valence-electron chi connectivity index (χ4n) is 3.64. The smallest absolute Gasteiger partial charge is 0.293 e. The Balaban J connectivity index is 1.54. The van der Waals surface area contributed by atoms with Crippen molar-refractivity contribution in [3.8, 4) is 5.75 Å². The first-order valence-electron chi connectivity index (χ1n) is 10.8. The van der Waals surface area contributed by atoms with Gasteiger partial charge in [0.1, 0.15) is 6.61 Å². The molecule has 1 aliphatic heterocycles. The van der Waals surface area contributed by atoms with Crippen LogP contribution in [0.15, 0.2) is 29.3 Å². The molecule has 2 heterocycles. The predicted octanol–water partition coefficient (Wildman–Crippen LogP) is 3.44. The molecule has 31 heavy (non-hydrogen) atoms. The lowest BCUT2D eigenvalue weighted by atomic mass is 10.2. The summed E-state index contributed by atoms with van der Waals surface area (Å²) in [4.78, 5) is 21.5. The summed E-state index contributed by atoms with van der Waals surface area (Å²) in [7, 11) is 0. The normalized spacial score (nSPS) is 14.8. The number of unbranched alkanes of at least 4 members (excludes halogenated alkanes) is 3. The van der Waals surface area contributed by atoms with Crippen LogP contribution in [-0.4, -0.2) is 53.8 Å². The Bertz CT molecular complexity index is 914. The molecule has 0 N–H and O–H groups in total. The molecule has 0 aliphatic carbocycles. The van der Waals surface area contributed by atoms with Crippen LogP contribution < -0.4 is 15.2 Å². The molecule has 1 fully saturated rings. The minimum Gasteiger partial charge on any atom is -0.489 e. The van der Waals surface area contributed by atoms with Crippen LogP contribution in [0.25, 0.3) is 0 Å². The molecule has 0 saturated carbocycles. The maximum absolute atomic E-state index is 13.7. The second-order valence-electron chi connectivity index (χ2n) is 7.68. The fourth-order valence-corrected chi connectivity index (χ4v) is 3.64. The maximum Gasteiger partial charge on any atom is 0.293 e. The minimum atomic E-state index is -1.28. The zero-order chi connectivity index (χ0) is 22.2. The van der Waals surface area contributed by atoms with Gasteiger partial charge in [0.2, 0.25) is 0 Å². The summed E-state index contributed by atoms with van der Waals surface area (Å²) in [6, 6.07) is 1.10. The Morgan fingerprint density at radius 1 is 0.968 bits per heavy atom. The van der Waals surface area contributed by atoms with Crippen molar-refractivity contribution in [2.75, 3.05) is 44.2 Å². The van der Waals surface area contributed by atoms with Crippen molar-refractivity contribution in [2.45, 2.75) is 39.2 Å². The van der Waals surface area contributed by atoms with Gasteiger partial charge in [-0.1, -0.05) is 26.2 Å². The molecule has 0 bridgehead atoms. The van der Waals surface area contributed by atoms with Gasteiger partial charge in [-0.2, -0.15) is 0 Å². The lowest BCUT2D eigenvalue weighted by molar-refractivity contribution is 0.251. The highest BCUT2D eigenvalue weighted by atomic mass is 19.2. The summed E-state index contributed by atoms with van der Waals surface area (Å²) in [5, 5.41) is 0. The van der Waals surface area contributed by atoms with Crippen molar-refractivity contribution >= 4 is 5.82 Å². The minimum absolute atomic E-state index is 0.0725. The highest BCUT2D eigenvalue weighted by molar-refractivity contribution is 5.36. The number of hydrogen-bond acceptors (Lipinski definition) is 5. The monoisotopic (exact) mass is 438 g/mol. The third-order valence-electron chi connectivity index (χ3n) is 5.46. The standard InChI is InChI=1S/C22H29F3N4O2/c1-2-3-4-5-7-27-9-11-28(12-10-27)21-22(30)29(8-6-26-21)13-14-31-20-16-18(24)17(23)15-19(20)25/h6,8,15-16H,2-5,7,9-14H2,1H3. The van der Waals surface area contributed by atoms with Crippen molar-refractivity contribution in [1.82, 2.24) is 14.5 Å². The van der Waals surface area contributed by atoms with E-state index in [0.29, 0.717) is 18.0 Å². The molecule has 0 radical (unpaired) electrons. The van der Waals surface area contributed by atoms with E-state index in [2.05, 4.69) is 16.8 Å². The summed E-state index contributed by atoms with van der Waals surface area (Å²) in [5.74, 6) is -3.47. The molecule has 1 aliphatic rings. The zero-order valence-corrected chi connectivity index (χ0v) is 17.8. The first-order valence-corrected chi connectivity index (χ1v) is 10.8. The van der Waals surface area contributed by atoms with Crippen molar-refractivity contribution in [3.05, 3.63) is 52.3 Å². The van der Waals surface area contributed by atoms with E-state index in [9.17, 15) is 18.0 Å². The largest absolute Gasteiger partial charge is 0.489 e. The van der Waals surface area contributed by atoms with Gasteiger partial charge < -0.3 is 14.2 Å². The average molecular weight is 438 g/mol. The lowest BCUT2D eigenvalue weighted by Gasteiger charge is -2.35. The molecular weight excluding hydrogens is 409 g/mol. The third kappa shape index (κ3) is 6.22. The molecule has 6 nitrogen and oxygen atoms in total. The van der Waals surface area contributed by atoms with E-state index >= 15 is 0 Å². The first-order chi connectivity index (χ1) is 15.0. The topological polar surface area (TPSA) is 50.6 Å². The van der Waals surface area contributed by atoms with Crippen LogP contribution in [-0.2, 0) is 6.54 Å². The quantitative estimate of drug-likeness (QED) is 0.420. The Hall–Kier alpha value is -2.55. The summed E-state index contributed by atoms with van der Waals surface area (Å²) < 4.78 is 46.6. The molecule has 0 atom stereocenters. The first kappa shape index (κ1) is 23.1. The molecule has 0 unspecified atom stereocenters. The maximum atomic E-state index is 13.7. The summed E-state index contributed by atoms with van der Waals surface area (Å²) in [6.07, 6.45) is 8.01. The predicted molar refractivity (Wildman–Crippen MR) is 113 cm³/mol.